The van der Waals surface area contributed by atoms with Gasteiger partial charge in [-0.15, -0.1) is 0 Å². The number of nitrogens with zero attached hydrogens (tertiary/aromatic N) is 3. The maximum atomic E-state index is 15.6. The molecule has 0 saturated heterocycles. The smallest absolute Gasteiger partial charge is 0.294 e. The van der Waals surface area contributed by atoms with Crippen LogP contribution in [0.3, 0.4) is 0 Å². The predicted octanol–water partition coefficient (Wildman–Crippen LogP) is 8.28. The van der Waals surface area contributed by atoms with E-state index in [1.165, 1.54) is 51.1 Å². The SMILES string of the molecule is CC1(S(=O)(=O)Nc2nn(CC(F)F)c3c(-c4ccc(C#CC(C)(C)S(=O)(=O)C5CC5)nc4[C@H](Cc4cc(F)cc(F)c4)NC(=O)CNC4=C(C(=N)C(F)F)[C@H]5C=C[C@H]5C4(F)F)ccc(Cl)c23)CC1. The van der Waals surface area contributed by atoms with Crippen LogP contribution in [-0.4, -0.2) is 83.3 Å². The Morgan fingerprint density at radius 1 is 1.00 bits per heavy atom. The number of carbonyl (C=O) groups is 1. The Morgan fingerprint density at radius 3 is 2.25 bits per heavy atom. The van der Waals surface area contributed by atoms with E-state index >= 15 is 8.78 Å². The number of hydrogen-bond donors (Lipinski definition) is 4. The lowest BCUT2D eigenvalue weighted by atomic mass is 9.79. The molecule has 4 N–H and O–H groups in total. The minimum Gasteiger partial charge on any atom is -0.374 e. The van der Waals surface area contributed by atoms with Crippen LogP contribution < -0.4 is 15.4 Å². The molecule has 4 aliphatic carbocycles. The third kappa shape index (κ3) is 9.08. The van der Waals surface area contributed by atoms with Gasteiger partial charge in [0.15, 0.2) is 15.7 Å². The summed E-state index contributed by atoms with van der Waals surface area (Å²) in [7, 11) is -7.91. The Hall–Kier alpha value is -5.53. The number of aromatic nitrogens is 3. The number of benzene rings is 2. The van der Waals surface area contributed by atoms with Crippen molar-refractivity contribution >= 4 is 59.8 Å². The van der Waals surface area contributed by atoms with Crippen LogP contribution in [0.1, 0.15) is 69.4 Å². The molecule has 23 heteroatoms. The Kier molecular flexibility index (Phi) is 12.6. The Balaban J connectivity index is 1.29. The van der Waals surface area contributed by atoms with Crippen LogP contribution in [0.2, 0.25) is 5.02 Å². The van der Waals surface area contributed by atoms with Crippen molar-refractivity contribution in [3.05, 3.63) is 99.5 Å². The van der Waals surface area contributed by atoms with Gasteiger partial charge in [-0.25, -0.2) is 48.2 Å². The lowest BCUT2D eigenvalue weighted by Crippen LogP contribution is -2.41. The molecule has 3 atom stereocenters. The summed E-state index contributed by atoms with van der Waals surface area (Å²) >= 11 is 6.68. The molecule has 362 valence electrons. The number of hydrogen-bond acceptors (Lipinski definition) is 9. The number of alkyl halides is 6. The second-order valence-corrected chi connectivity index (χ2v) is 23.3. The average molecular weight is 1010 g/mol. The van der Waals surface area contributed by atoms with E-state index in [0.29, 0.717) is 31.7 Å². The molecule has 0 aliphatic heterocycles. The predicted molar refractivity (Wildman–Crippen MR) is 238 cm³/mol. The van der Waals surface area contributed by atoms with Crippen LogP contribution >= 0.6 is 11.6 Å². The summed E-state index contributed by atoms with van der Waals surface area (Å²) in [6.07, 6.45) is -3.14. The molecule has 0 bridgehead atoms. The van der Waals surface area contributed by atoms with Crippen LogP contribution in [0, 0.1) is 40.7 Å². The molecule has 8 rings (SSSR count). The number of sulfone groups is 1. The molecule has 2 heterocycles. The van der Waals surface area contributed by atoms with Crippen molar-refractivity contribution < 1.29 is 56.8 Å². The highest BCUT2D eigenvalue weighted by molar-refractivity contribution is 7.94. The zero-order chi connectivity index (χ0) is 49.5. The van der Waals surface area contributed by atoms with E-state index in [2.05, 4.69) is 32.3 Å². The summed E-state index contributed by atoms with van der Waals surface area (Å²) in [5.41, 5.74) is -3.66. The summed E-state index contributed by atoms with van der Waals surface area (Å²) in [6, 6.07) is 6.31. The van der Waals surface area contributed by atoms with Gasteiger partial charge in [0.25, 0.3) is 18.8 Å². The van der Waals surface area contributed by atoms with Gasteiger partial charge in [0.05, 0.1) is 55.8 Å². The van der Waals surface area contributed by atoms with E-state index in [-0.39, 0.29) is 49.8 Å². The van der Waals surface area contributed by atoms with Gasteiger partial charge < -0.3 is 10.6 Å². The highest BCUT2D eigenvalue weighted by atomic mass is 35.5. The summed E-state index contributed by atoms with van der Waals surface area (Å²) in [5, 5.41) is 16.1. The van der Waals surface area contributed by atoms with Crippen LogP contribution in [-0.2, 0) is 37.6 Å². The molecule has 0 unspecified atom stereocenters. The van der Waals surface area contributed by atoms with Gasteiger partial charge in [0.1, 0.15) is 34.3 Å². The molecule has 1 amide bonds. The number of nitrogens with one attached hydrogen (secondary N) is 4. The minimum absolute atomic E-state index is 0.00320. The van der Waals surface area contributed by atoms with Gasteiger partial charge in [-0.3, -0.25) is 19.6 Å². The van der Waals surface area contributed by atoms with Crippen LogP contribution in [0.5, 0.6) is 0 Å². The van der Waals surface area contributed by atoms with Crippen molar-refractivity contribution in [1.82, 2.24) is 25.4 Å². The lowest BCUT2D eigenvalue weighted by molar-refractivity contribution is -0.121. The summed E-state index contributed by atoms with van der Waals surface area (Å²) < 4.78 is 171. The molecule has 2 saturated carbocycles. The summed E-state index contributed by atoms with van der Waals surface area (Å²) in [5.74, 6) is -4.63. The van der Waals surface area contributed by atoms with Crippen molar-refractivity contribution in [2.75, 3.05) is 11.3 Å². The van der Waals surface area contributed by atoms with Crippen LogP contribution in [0.25, 0.3) is 22.0 Å². The molecule has 4 aliphatic rings. The fourth-order valence-corrected chi connectivity index (χ4v) is 11.7. The largest absolute Gasteiger partial charge is 0.374 e. The zero-order valence-electron chi connectivity index (χ0n) is 36.2. The number of sulfonamides is 1. The Labute approximate surface area is 390 Å². The fourth-order valence-electron chi connectivity index (χ4n) is 8.35. The topological polar surface area (TPSA) is 176 Å². The van der Waals surface area contributed by atoms with E-state index in [1.54, 1.807) is 0 Å². The number of pyridine rings is 1. The number of rotatable bonds is 17. The van der Waals surface area contributed by atoms with Crippen LogP contribution in [0.4, 0.5) is 40.9 Å². The normalized spacial score (nSPS) is 19.9. The number of allylic oxidation sites excluding steroid dienone is 4. The molecule has 2 aromatic heterocycles. The zero-order valence-corrected chi connectivity index (χ0v) is 38.6. The third-order valence-electron chi connectivity index (χ3n) is 12.6. The second kappa shape index (κ2) is 17.5. The van der Waals surface area contributed by atoms with E-state index < -0.39 is 125 Å². The van der Waals surface area contributed by atoms with Crippen molar-refractivity contribution in [1.29, 1.82) is 5.41 Å². The maximum Gasteiger partial charge on any atom is 0.294 e. The van der Waals surface area contributed by atoms with Gasteiger partial charge >= 0.3 is 0 Å². The molecular formula is C45H42ClF8N7O5S2. The van der Waals surface area contributed by atoms with Gasteiger partial charge in [-0.05, 0) is 94.7 Å². The Bertz CT molecular complexity index is 3100. The maximum absolute atomic E-state index is 15.6. The average Bonchev–Trinajstić information content (AvgIpc) is 4.16. The fraction of sp³-hybridized carbons (Fsp3) is 0.422. The van der Waals surface area contributed by atoms with E-state index in [1.807, 2.05) is 0 Å². The van der Waals surface area contributed by atoms with Crippen molar-refractivity contribution in [3.8, 4) is 23.0 Å². The van der Waals surface area contributed by atoms with Crippen molar-refractivity contribution in [2.24, 2.45) is 11.8 Å². The highest BCUT2D eigenvalue weighted by Gasteiger charge is 2.59. The molecule has 68 heavy (non-hydrogen) atoms. The first-order chi connectivity index (χ1) is 31.7. The quantitative estimate of drug-likeness (QED) is 0.0354. The number of amides is 1. The molecule has 2 aromatic carbocycles. The first-order valence-electron chi connectivity index (χ1n) is 21.2. The van der Waals surface area contributed by atoms with E-state index in [9.17, 15) is 48.0 Å². The first kappa shape index (κ1) is 48.9. The Morgan fingerprint density at radius 2 is 1.66 bits per heavy atom. The van der Waals surface area contributed by atoms with E-state index in [0.717, 1.165) is 22.9 Å². The number of fused-ring (bicyclic) bond motifs is 2. The summed E-state index contributed by atoms with van der Waals surface area (Å²) in [6.45, 7) is 2.19. The second-order valence-electron chi connectivity index (χ2n) is 17.9. The highest BCUT2D eigenvalue weighted by Crippen LogP contribution is 2.54. The van der Waals surface area contributed by atoms with Gasteiger partial charge in [-0.2, -0.15) is 13.9 Å². The van der Waals surface area contributed by atoms with Crippen LogP contribution in [0.15, 0.2) is 65.9 Å². The van der Waals surface area contributed by atoms with Gasteiger partial charge in [0.2, 0.25) is 15.9 Å². The lowest BCUT2D eigenvalue weighted by Gasteiger charge is -2.28. The molecule has 0 radical (unpaired) electrons. The van der Waals surface area contributed by atoms with E-state index in [4.69, 9.17) is 22.0 Å². The standard InChI is InChI=1S/C45H42ClF8N7O5S2/c1-43(2,67(63,64)26-5-6-26)13-12-25-4-7-27(28-9-11-31(46)36-39(28)61(21-33(49)50)59-42(36)60-68(65,66)44(3)14-15-44)38(57-25)32(18-22-16-23(47)19-24(48)17-22)58-34(62)20-56-40-35(37(55)41(51)52)29-8-10-30(29)45(40,53)54/h4,7-11,16-17,19,26,29-30,32-33,41,55-56H,5-6,14-15,18,20-21H2,1-3H3,(H,58,62)(H,59,60)/t29-,30+,32-/m0/s1. The molecule has 4 aromatic rings. The number of anilines is 1. The van der Waals surface area contributed by atoms with Crippen molar-refractivity contribution in [2.45, 2.75) is 99.0 Å². The number of halogens is 9. The monoisotopic (exact) mass is 1010 g/mol. The van der Waals surface area contributed by atoms with Gasteiger partial charge in [0, 0.05) is 28.7 Å². The molecule has 2 fully saturated rings. The number of carbonyl (C=O) groups excluding carboxylic acids is 1. The van der Waals surface area contributed by atoms with Gasteiger partial charge in [-0.1, -0.05) is 35.7 Å². The van der Waals surface area contributed by atoms with Crippen molar-refractivity contribution in [3.63, 3.8) is 0 Å². The molecular weight excluding hydrogens is 970 g/mol. The summed E-state index contributed by atoms with van der Waals surface area (Å²) in [4.78, 5) is 18.7. The molecule has 12 nitrogen and oxygen atoms in total. The first-order valence-corrected chi connectivity index (χ1v) is 24.6. The molecule has 0 spiro atoms. The third-order valence-corrected chi connectivity index (χ3v) is 18.0. The minimum atomic E-state index is -4.15.